The minimum absolute atomic E-state index is 0.00781. The van der Waals surface area contributed by atoms with Gasteiger partial charge in [0.2, 0.25) is 0 Å². The Hall–Kier alpha value is -3.08. The van der Waals surface area contributed by atoms with E-state index in [1.807, 2.05) is 13.8 Å². The first-order valence-electron chi connectivity index (χ1n) is 10.5. The van der Waals surface area contributed by atoms with Gasteiger partial charge in [0, 0.05) is 17.8 Å². The Morgan fingerprint density at radius 1 is 1.30 bits per heavy atom. The van der Waals surface area contributed by atoms with Crippen molar-refractivity contribution in [2.45, 2.75) is 45.4 Å². The lowest BCUT2D eigenvalue weighted by atomic mass is 10.1. The number of rotatable bonds is 7. The molecule has 1 saturated heterocycles. The SMILES string of the molecule is CC[C@H](C)n1nc(-c2cccc(OC(F)F)c2)c2ncc(C(=O)NC3(C)CS(=O)(=O)C3)cc21. The normalized spacial score (nSPS) is 17.5. The van der Waals surface area contributed by atoms with Crippen LogP contribution in [-0.2, 0) is 9.84 Å². The van der Waals surface area contributed by atoms with Gasteiger partial charge in [-0.1, -0.05) is 19.1 Å². The standard InChI is InChI=1S/C22H24F2N4O4S/c1-4-13(2)28-17-9-15(20(29)26-22(3)11-33(30,31)12-22)10-25-19(17)18(27-28)14-6-5-7-16(8-14)32-21(23)24/h5-10,13,21H,4,11-12H2,1-3H3,(H,26,29)/t13-/m0/s1. The molecule has 0 spiro atoms. The van der Waals surface area contributed by atoms with Crippen molar-refractivity contribution in [2.24, 2.45) is 0 Å². The van der Waals surface area contributed by atoms with Crippen molar-refractivity contribution in [1.82, 2.24) is 20.1 Å². The Labute approximate surface area is 189 Å². The Morgan fingerprint density at radius 2 is 2.03 bits per heavy atom. The summed E-state index contributed by atoms with van der Waals surface area (Å²) in [6, 6.07) is 7.86. The number of alkyl halides is 2. The molecule has 8 nitrogen and oxygen atoms in total. The Balaban J connectivity index is 1.73. The summed E-state index contributed by atoms with van der Waals surface area (Å²) in [5, 5.41) is 7.45. The van der Waals surface area contributed by atoms with Gasteiger partial charge in [-0.3, -0.25) is 14.5 Å². The van der Waals surface area contributed by atoms with Gasteiger partial charge in [-0.25, -0.2) is 8.42 Å². The van der Waals surface area contributed by atoms with E-state index >= 15 is 0 Å². The molecule has 1 aliphatic rings. The smallest absolute Gasteiger partial charge is 0.387 e. The monoisotopic (exact) mass is 478 g/mol. The van der Waals surface area contributed by atoms with E-state index in [1.165, 1.54) is 18.3 Å². The molecule has 33 heavy (non-hydrogen) atoms. The summed E-state index contributed by atoms with van der Waals surface area (Å²) in [5.41, 5.74) is 1.62. The molecule has 0 radical (unpaired) electrons. The predicted octanol–water partition coefficient (Wildman–Crippen LogP) is 3.59. The molecule has 1 aliphatic heterocycles. The molecule has 176 valence electrons. The van der Waals surface area contributed by atoms with Crippen LogP contribution in [0.5, 0.6) is 5.75 Å². The van der Waals surface area contributed by atoms with E-state index in [-0.39, 0.29) is 28.9 Å². The summed E-state index contributed by atoms with van der Waals surface area (Å²) in [4.78, 5) is 17.3. The summed E-state index contributed by atoms with van der Waals surface area (Å²) in [6.45, 7) is 2.71. The highest BCUT2D eigenvalue weighted by atomic mass is 32.2. The second-order valence-corrected chi connectivity index (χ2v) is 10.7. The molecule has 1 fully saturated rings. The van der Waals surface area contributed by atoms with Crippen LogP contribution in [0.2, 0.25) is 0 Å². The van der Waals surface area contributed by atoms with E-state index in [0.717, 1.165) is 6.42 Å². The number of carbonyl (C=O) groups is 1. The van der Waals surface area contributed by atoms with Gasteiger partial charge in [0.1, 0.15) is 17.0 Å². The number of benzene rings is 1. The van der Waals surface area contributed by atoms with Crippen molar-refractivity contribution in [2.75, 3.05) is 11.5 Å². The third-order valence-electron chi connectivity index (χ3n) is 5.64. The number of carbonyl (C=O) groups excluding carboxylic acids is 1. The Morgan fingerprint density at radius 3 is 2.67 bits per heavy atom. The maximum Gasteiger partial charge on any atom is 0.387 e. The van der Waals surface area contributed by atoms with Gasteiger partial charge in [0.05, 0.1) is 28.1 Å². The van der Waals surface area contributed by atoms with Crippen LogP contribution in [0, 0.1) is 0 Å². The molecule has 3 heterocycles. The number of aromatic nitrogens is 3. The van der Waals surface area contributed by atoms with Crippen molar-refractivity contribution in [3.8, 4) is 17.0 Å². The van der Waals surface area contributed by atoms with Crippen LogP contribution in [0.1, 0.15) is 43.6 Å². The van der Waals surface area contributed by atoms with Crippen LogP contribution >= 0.6 is 0 Å². The fraction of sp³-hybridized carbons (Fsp3) is 0.409. The number of sulfone groups is 1. The van der Waals surface area contributed by atoms with Crippen molar-refractivity contribution in [3.63, 3.8) is 0 Å². The van der Waals surface area contributed by atoms with Crippen molar-refractivity contribution < 1.29 is 26.7 Å². The largest absolute Gasteiger partial charge is 0.435 e. The summed E-state index contributed by atoms with van der Waals surface area (Å²) >= 11 is 0. The number of halogens is 2. The molecule has 0 aliphatic carbocycles. The first kappa shape index (κ1) is 23.1. The van der Waals surface area contributed by atoms with Crippen LogP contribution in [-0.4, -0.2) is 52.7 Å². The van der Waals surface area contributed by atoms with Gasteiger partial charge in [0.15, 0.2) is 9.84 Å². The third-order valence-corrected chi connectivity index (χ3v) is 7.80. The van der Waals surface area contributed by atoms with Crippen LogP contribution in [0.25, 0.3) is 22.3 Å². The number of hydrogen-bond acceptors (Lipinski definition) is 6. The molecule has 1 amide bonds. The van der Waals surface area contributed by atoms with Crippen LogP contribution in [0.4, 0.5) is 8.78 Å². The number of nitrogens with zero attached hydrogens (tertiary/aromatic N) is 3. The average Bonchev–Trinajstić information content (AvgIpc) is 3.10. The van der Waals surface area contributed by atoms with Gasteiger partial charge in [-0.15, -0.1) is 0 Å². The van der Waals surface area contributed by atoms with Crippen molar-refractivity contribution >= 4 is 26.8 Å². The number of ether oxygens (including phenoxy) is 1. The summed E-state index contributed by atoms with van der Waals surface area (Å²) in [6.07, 6.45) is 2.16. The van der Waals surface area contributed by atoms with E-state index in [1.54, 1.807) is 29.8 Å². The number of hydrogen-bond donors (Lipinski definition) is 1. The fourth-order valence-corrected chi connectivity index (χ4v) is 6.01. The lowest BCUT2D eigenvalue weighted by Gasteiger charge is -2.38. The summed E-state index contributed by atoms with van der Waals surface area (Å²) < 4.78 is 54.6. The maximum absolute atomic E-state index is 12.8. The van der Waals surface area contributed by atoms with Crippen LogP contribution in [0.15, 0.2) is 36.5 Å². The van der Waals surface area contributed by atoms with Crippen LogP contribution in [0.3, 0.4) is 0 Å². The minimum Gasteiger partial charge on any atom is -0.435 e. The van der Waals surface area contributed by atoms with E-state index in [4.69, 9.17) is 0 Å². The Bertz CT molecular complexity index is 1310. The second kappa shape index (κ2) is 8.36. The van der Waals surface area contributed by atoms with E-state index in [0.29, 0.717) is 22.3 Å². The third kappa shape index (κ3) is 4.68. The summed E-state index contributed by atoms with van der Waals surface area (Å²) in [5.74, 6) is -0.623. The number of nitrogens with one attached hydrogen (secondary N) is 1. The van der Waals surface area contributed by atoms with Crippen molar-refractivity contribution in [3.05, 3.63) is 42.1 Å². The van der Waals surface area contributed by atoms with Gasteiger partial charge < -0.3 is 10.1 Å². The molecule has 4 rings (SSSR count). The average molecular weight is 479 g/mol. The first-order valence-corrected chi connectivity index (χ1v) is 12.3. The molecular weight excluding hydrogens is 454 g/mol. The molecule has 0 unspecified atom stereocenters. The van der Waals surface area contributed by atoms with Gasteiger partial charge in [0.25, 0.3) is 5.91 Å². The number of fused-ring (bicyclic) bond motifs is 1. The molecule has 0 bridgehead atoms. The highest BCUT2D eigenvalue weighted by Gasteiger charge is 2.45. The van der Waals surface area contributed by atoms with E-state index < -0.39 is 27.9 Å². The Kier molecular flexibility index (Phi) is 5.85. The highest BCUT2D eigenvalue weighted by Crippen LogP contribution is 2.32. The molecule has 11 heteroatoms. The number of amides is 1. The summed E-state index contributed by atoms with van der Waals surface area (Å²) in [7, 11) is -3.11. The van der Waals surface area contributed by atoms with Crippen LogP contribution < -0.4 is 10.1 Å². The molecule has 0 saturated carbocycles. The van der Waals surface area contributed by atoms with E-state index in [2.05, 4.69) is 20.1 Å². The van der Waals surface area contributed by atoms with Gasteiger partial charge in [-0.2, -0.15) is 13.9 Å². The topological polar surface area (TPSA) is 103 Å². The lowest BCUT2D eigenvalue weighted by Crippen LogP contribution is -2.63. The quantitative estimate of drug-likeness (QED) is 0.557. The zero-order valence-corrected chi connectivity index (χ0v) is 19.2. The zero-order valence-electron chi connectivity index (χ0n) is 18.4. The predicted molar refractivity (Wildman–Crippen MR) is 119 cm³/mol. The minimum atomic E-state index is -3.11. The molecule has 2 aromatic heterocycles. The maximum atomic E-state index is 12.8. The van der Waals surface area contributed by atoms with Crippen molar-refractivity contribution in [1.29, 1.82) is 0 Å². The molecule has 3 aromatic rings. The molecule has 1 aromatic carbocycles. The van der Waals surface area contributed by atoms with Gasteiger partial charge in [-0.05, 0) is 38.5 Å². The highest BCUT2D eigenvalue weighted by molar-refractivity contribution is 7.93. The molecular formula is C22H24F2N4O4S. The fourth-order valence-electron chi connectivity index (χ4n) is 4.01. The zero-order chi connectivity index (χ0) is 24.0. The molecule has 1 N–H and O–H groups in total. The van der Waals surface area contributed by atoms with Gasteiger partial charge >= 0.3 is 6.61 Å². The second-order valence-electron chi connectivity index (χ2n) is 8.60. The van der Waals surface area contributed by atoms with E-state index in [9.17, 15) is 22.0 Å². The lowest BCUT2D eigenvalue weighted by molar-refractivity contribution is -0.0498. The first-order chi connectivity index (χ1) is 15.5. The number of pyridine rings is 1. The molecule has 1 atom stereocenters.